The fraction of sp³-hybridized carbons (Fsp3) is 0.565. The molecule has 3 N–H and O–H groups in total. The van der Waals surface area contributed by atoms with Gasteiger partial charge in [-0.25, -0.2) is 4.98 Å². The lowest BCUT2D eigenvalue weighted by atomic mass is 9.87. The lowest BCUT2D eigenvalue weighted by Gasteiger charge is -2.47. The number of nitrogens with zero attached hydrogens (tertiary/aromatic N) is 6. The van der Waals surface area contributed by atoms with Crippen molar-refractivity contribution < 1.29 is 5.11 Å². The van der Waals surface area contributed by atoms with Crippen LogP contribution in [0.1, 0.15) is 51.6 Å². The molecule has 1 aliphatic heterocycles. The minimum atomic E-state index is -0.0927. The Hall–Kier alpha value is -2.74. The number of rotatable bonds is 9. The minimum Gasteiger partial charge on any atom is -0.390 e. The van der Waals surface area contributed by atoms with Gasteiger partial charge in [0.15, 0.2) is 5.82 Å². The number of likely N-dealkylation sites (tertiary alicyclic amines) is 1. The van der Waals surface area contributed by atoms with E-state index < -0.39 is 0 Å². The van der Waals surface area contributed by atoms with Crippen LogP contribution in [0.15, 0.2) is 17.5 Å². The molecule has 1 fully saturated rings. The second-order valence-electron chi connectivity index (χ2n) is 8.58. The van der Waals surface area contributed by atoms with E-state index in [1.54, 1.807) is 17.4 Å². The molecule has 0 amide bonds. The van der Waals surface area contributed by atoms with Gasteiger partial charge in [-0.05, 0) is 37.1 Å². The summed E-state index contributed by atoms with van der Waals surface area (Å²) in [7, 11) is 2.09. The van der Waals surface area contributed by atoms with Crippen LogP contribution in [0, 0.1) is 11.3 Å². The molecule has 9 nitrogen and oxygen atoms in total. The SMILES string of the molecule is CCC1CC(N(C)c2nc(Nc3cc(CO)[nH]n3)c3ccsc3n2)CC(CC)N1CCC#N. The van der Waals surface area contributed by atoms with Gasteiger partial charge in [0, 0.05) is 44.2 Å². The van der Waals surface area contributed by atoms with Crippen molar-refractivity contribution in [1.82, 2.24) is 25.1 Å². The fourth-order valence-electron chi connectivity index (χ4n) is 4.84. The number of nitriles is 1. The molecule has 33 heavy (non-hydrogen) atoms. The molecule has 0 spiro atoms. The molecule has 1 saturated heterocycles. The van der Waals surface area contributed by atoms with Gasteiger partial charge in [-0.3, -0.25) is 10.00 Å². The fourth-order valence-corrected chi connectivity index (χ4v) is 5.60. The van der Waals surface area contributed by atoms with Gasteiger partial charge in [0.2, 0.25) is 5.95 Å². The molecule has 4 rings (SSSR count). The summed E-state index contributed by atoms with van der Waals surface area (Å²) in [6.45, 7) is 5.22. The summed E-state index contributed by atoms with van der Waals surface area (Å²) in [6, 6.07) is 7.33. The third-order valence-corrected chi connectivity index (χ3v) is 7.48. The monoisotopic (exact) mass is 468 g/mol. The summed E-state index contributed by atoms with van der Waals surface area (Å²) in [6.07, 6.45) is 4.77. The van der Waals surface area contributed by atoms with Crippen molar-refractivity contribution in [2.24, 2.45) is 0 Å². The highest BCUT2D eigenvalue weighted by Crippen LogP contribution is 2.34. The Morgan fingerprint density at radius 2 is 2.06 bits per heavy atom. The number of aromatic nitrogens is 4. The molecule has 0 aliphatic carbocycles. The van der Waals surface area contributed by atoms with Gasteiger partial charge in [0.25, 0.3) is 0 Å². The summed E-state index contributed by atoms with van der Waals surface area (Å²) in [5.41, 5.74) is 0.643. The van der Waals surface area contributed by atoms with E-state index in [1.165, 1.54) is 0 Å². The predicted molar refractivity (Wildman–Crippen MR) is 132 cm³/mol. The van der Waals surface area contributed by atoms with Crippen LogP contribution in [0.3, 0.4) is 0 Å². The summed E-state index contributed by atoms with van der Waals surface area (Å²) in [5, 5.41) is 31.7. The number of hydrogen-bond donors (Lipinski definition) is 3. The lowest BCUT2D eigenvalue weighted by Crippen LogP contribution is -2.54. The maximum atomic E-state index is 9.32. The standard InChI is InChI=1S/C23H32N8OS/c1-4-16-12-18(13-17(5-2)31(16)9-6-8-24)30(3)23-26-21(19-7-10-33-22(19)27-23)25-20-11-15(14-32)28-29-20/h7,10-11,16-18,32H,4-6,9,12-14H2,1-3H3,(H2,25,26,27,28,29). The van der Waals surface area contributed by atoms with E-state index in [0.717, 1.165) is 42.4 Å². The third-order valence-electron chi connectivity index (χ3n) is 6.67. The van der Waals surface area contributed by atoms with E-state index in [2.05, 4.69) is 52.3 Å². The van der Waals surface area contributed by atoms with E-state index in [9.17, 15) is 5.11 Å². The van der Waals surface area contributed by atoms with Crippen LogP contribution < -0.4 is 10.2 Å². The van der Waals surface area contributed by atoms with Gasteiger partial charge in [-0.2, -0.15) is 15.3 Å². The first kappa shape index (κ1) is 23.4. The van der Waals surface area contributed by atoms with E-state index in [4.69, 9.17) is 15.2 Å². The Morgan fingerprint density at radius 3 is 2.70 bits per heavy atom. The zero-order chi connectivity index (χ0) is 23.4. The number of H-pyrrole nitrogens is 1. The topological polar surface area (TPSA) is 117 Å². The molecule has 176 valence electrons. The van der Waals surface area contributed by atoms with Crippen molar-refractivity contribution in [2.75, 3.05) is 23.8 Å². The molecular weight excluding hydrogens is 436 g/mol. The number of fused-ring (bicyclic) bond motifs is 1. The molecule has 0 radical (unpaired) electrons. The Kier molecular flexibility index (Phi) is 7.42. The first-order valence-electron chi connectivity index (χ1n) is 11.6. The van der Waals surface area contributed by atoms with Crippen molar-refractivity contribution in [2.45, 2.75) is 70.7 Å². The Bertz CT molecular complexity index is 1090. The van der Waals surface area contributed by atoms with Crippen LogP contribution >= 0.6 is 11.3 Å². The van der Waals surface area contributed by atoms with Crippen LogP contribution in [0.25, 0.3) is 10.2 Å². The lowest BCUT2D eigenvalue weighted by molar-refractivity contribution is 0.0682. The van der Waals surface area contributed by atoms with Gasteiger partial charge >= 0.3 is 0 Å². The van der Waals surface area contributed by atoms with Crippen molar-refractivity contribution in [1.29, 1.82) is 5.26 Å². The van der Waals surface area contributed by atoms with Gasteiger partial charge in [0.05, 0.1) is 23.8 Å². The number of nitrogens with one attached hydrogen (secondary N) is 2. The predicted octanol–water partition coefficient (Wildman–Crippen LogP) is 4.02. The summed E-state index contributed by atoms with van der Waals surface area (Å²) < 4.78 is 0. The average molecular weight is 469 g/mol. The highest BCUT2D eigenvalue weighted by molar-refractivity contribution is 7.16. The normalized spacial score (nSPS) is 21.2. The molecular formula is C23H32N8OS. The largest absolute Gasteiger partial charge is 0.390 e. The van der Waals surface area contributed by atoms with E-state index in [0.29, 0.717) is 47.8 Å². The molecule has 10 heteroatoms. The second kappa shape index (κ2) is 10.5. The van der Waals surface area contributed by atoms with Crippen LogP contribution in [0.2, 0.25) is 0 Å². The quantitative estimate of drug-likeness (QED) is 0.431. The summed E-state index contributed by atoms with van der Waals surface area (Å²) >= 11 is 1.59. The summed E-state index contributed by atoms with van der Waals surface area (Å²) in [5.74, 6) is 2.02. The third kappa shape index (κ3) is 4.95. The molecule has 0 bridgehead atoms. The molecule has 2 atom stereocenters. The highest BCUT2D eigenvalue weighted by Gasteiger charge is 2.36. The number of aliphatic hydroxyl groups excluding tert-OH is 1. The number of aromatic amines is 1. The second-order valence-corrected chi connectivity index (χ2v) is 9.47. The van der Waals surface area contributed by atoms with E-state index >= 15 is 0 Å². The van der Waals surface area contributed by atoms with Crippen LogP contribution in [-0.4, -0.2) is 61.9 Å². The first-order chi connectivity index (χ1) is 16.1. The maximum Gasteiger partial charge on any atom is 0.228 e. The van der Waals surface area contributed by atoms with Crippen molar-refractivity contribution in [3.8, 4) is 6.07 Å². The summed E-state index contributed by atoms with van der Waals surface area (Å²) in [4.78, 5) is 15.5. The maximum absolute atomic E-state index is 9.32. The van der Waals surface area contributed by atoms with Crippen molar-refractivity contribution >= 4 is 39.1 Å². The number of anilines is 3. The van der Waals surface area contributed by atoms with Crippen LogP contribution in [-0.2, 0) is 6.61 Å². The zero-order valence-corrected chi connectivity index (χ0v) is 20.3. The van der Waals surface area contributed by atoms with Crippen LogP contribution in [0.4, 0.5) is 17.6 Å². The number of piperidine rings is 1. The van der Waals surface area contributed by atoms with Gasteiger partial charge in [-0.15, -0.1) is 11.3 Å². The molecule has 1 aliphatic rings. The zero-order valence-electron chi connectivity index (χ0n) is 19.5. The molecule has 3 aromatic rings. The average Bonchev–Trinajstić information content (AvgIpc) is 3.51. The Balaban J connectivity index is 1.60. The van der Waals surface area contributed by atoms with Gasteiger partial charge in [-0.1, -0.05) is 13.8 Å². The number of hydrogen-bond acceptors (Lipinski definition) is 9. The number of aliphatic hydroxyl groups is 1. The van der Waals surface area contributed by atoms with Crippen molar-refractivity contribution in [3.63, 3.8) is 0 Å². The smallest absolute Gasteiger partial charge is 0.228 e. The van der Waals surface area contributed by atoms with E-state index in [-0.39, 0.29) is 6.61 Å². The van der Waals surface area contributed by atoms with Crippen molar-refractivity contribution in [3.05, 3.63) is 23.2 Å². The number of thiophene rings is 1. The first-order valence-corrected chi connectivity index (χ1v) is 12.5. The Labute approximate surface area is 198 Å². The van der Waals surface area contributed by atoms with Gasteiger partial charge < -0.3 is 15.3 Å². The minimum absolute atomic E-state index is 0.0927. The van der Waals surface area contributed by atoms with Crippen LogP contribution in [0.5, 0.6) is 0 Å². The molecule has 0 aromatic carbocycles. The highest BCUT2D eigenvalue weighted by atomic mass is 32.1. The molecule has 0 saturated carbocycles. The van der Waals surface area contributed by atoms with Gasteiger partial charge in [0.1, 0.15) is 10.6 Å². The Morgan fingerprint density at radius 1 is 1.30 bits per heavy atom. The molecule has 3 aromatic heterocycles. The molecule has 4 heterocycles. The van der Waals surface area contributed by atoms with E-state index in [1.807, 2.05) is 11.4 Å². The molecule has 2 unspecified atom stereocenters.